The van der Waals surface area contributed by atoms with Gasteiger partial charge in [-0.1, -0.05) is 6.92 Å². The molecular formula is C19H33N5OS. The summed E-state index contributed by atoms with van der Waals surface area (Å²) in [5, 5.41) is 8.23. The van der Waals surface area contributed by atoms with Crippen LogP contribution in [0.5, 0.6) is 0 Å². The second-order valence-electron chi connectivity index (χ2n) is 7.27. The number of aromatic nitrogens is 1. The third-order valence-electron chi connectivity index (χ3n) is 5.27. The predicted molar refractivity (Wildman–Crippen MR) is 108 cm³/mol. The van der Waals surface area contributed by atoms with Gasteiger partial charge in [0.2, 0.25) is 0 Å². The first-order chi connectivity index (χ1) is 12.8. The van der Waals surface area contributed by atoms with Gasteiger partial charge in [0.25, 0.3) is 0 Å². The number of likely N-dealkylation sites (tertiary alicyclic amines) is 1. The molecule has 0 spiro atoms. The average molecular weight is 380 g/mol. The van der Waals surface area contributed by atoms with Gasteiger partial charge in [-0.15, -0.1) is 11.3 Å². The SMILES string of the molecule is CCc1cnc(CCNC(=NC)NC2CCN(CC3CCOC3)CC2)s1. The smallest absolute Gasteiger partial charge is 0.191 e. The van der Waals surface area contributed by atoms with E-state index in [4.69, 9.17) is 4.74 Å². The molecule has 2 aliphatic rings. The highest BCUT2D eigenvalue weighted by atomic mass is 32.1. The Bertz CT molecular complexity index is 562. The van der Waals surface area contributed by atoms with E-state index in [9.17, 15) is 0 Å². The first-order valence-electron chi connectivity index (χ1n) is 9.97. The Kier molecular flexibility index (Phi) is 7.70. The maximum atomic E-state index is 5.50. The van der Waals surface area contributed by atoms with Crippen LogP contribution in [0.1, 0.15) is 36.1 Å². The summed E-state index contributed by atoms with van der Waals surface area (Å²) in [6.07, 6.45) is 7.61. The average Bonchev–Trinajstić information content (AvgIpc) is 3.34. The minimum atomic E-state index is 0.517. The highest BCUT2D eigenvalue weighted by Gasteiger charge is 2.24. The molecule has 1 atom stereocenters. The minimum absolute atomic E-state index is 0.517. The predicted octanol–water partition coefficient (Wildman–Crippen LogP) is 1.91. The van der Waals surface area contributed by atoms with Crippen molar-refractivity contribution in [2.45, 2.75) is 45.1 Å². The van der Waals surface area contributed by atoms with Crippen LogP contribution < -0.4 is 10.6 Å². The maximum Gasteiger partial charge on any atom is 0.191 e. The van der Waals surface area contributed by atoms with Gasteiger partial charge in [-0.25, -0.2) is 4.98 Å². The lowest BCUT2D eigenvalue weighted by atomic mass is 10.0. The molecule has 0 bridgehead atoms. The Morgan fingerprint density at radius 3 is 2.88 bits per heavy atom. The molecule has 2 aliphatic heterocycles. The summed E-state index contributed by atoms with van der Waals surface area (Å²) in [7, 11) is 1.85. The van der Waals surface area contributed by atoms with Gasteiger partial charge in [-0.2, -0.15) is 0 Å². The summed E-state index contributed by atoms with van der Waals surface area (Å²) >= 11 is 1.82. The largest absolute Gasteiger partial charge is 0.381 e. The summed E-state index contributed by atoms with van der Waals surface area (Å²) < 4.78 is 5.50. The molecule has 26 heavy (non-hydrogen) atoms. The highest BCUT2D eigenvalue weighted by molar-refractivity contribution is 7.11. The van der Waals surface area contributed by atoms with E-state index in [1.165, 1.54) is 48.8 Å². The van der Waals surface area contributed by atoms with Gasteiger partial charge in [0.1, 0.15) is 0 Å². The van der Waals surface area contributed by atoms with Crippen LogP contribution in [-0.4, -0.2) is 68.3 Å². The van der Waals surface area contributed by atoms with E-state index < -0.39 is 0 Å². The lowest BCUT2D eigenvalue weighted by Gasteiger charge is -2.34. The second kappa shape index (κ2) is 10.2. The van der Waals surface area contributed by atoms with Crippen molar-refractivity contribution in [2.24, 2.45) is 10.9 Å². The molecule has 1 aromatic heterocycles. The monoisotopic (exact) mass is 379 g/mol. The second-order valence-corrected chi connectivity index (χ2v) is 8.47. The van der Waals surface area contributed by atoms with Crippen LogP contribution in [0.3, 0.4) is 0 Å². The third kappa shape index (κ3) is 5.93. The molecule has 3 rings (SSSR count). The number of aliphatic imine (C=N–C) groups is 1. The van der Waals surface area contributed by atoms with Crippen molar-refractivity contribution in [3.05, 3.63) is 16.1 Å². The van der Waals surface area contributed by atoms with E-state index in [0.29, 0.717) is 6.04 Å². The molecule has 2 fully saturated rings. The molecule has 7 heteroatoms. The number of ether oxygens (including phenoxy) is 1. The fourth-order valence-electron chi connectivity index (χ4n) is 3.66. The first-order valence-corrected chi connectivity index (χ1v) is 10.8. The first kappa shape index (κ1) is 19.6. The number of nitrogens with one attached hydrogen (secondary N) is 2. The van der Waals surface area contributed by atoms with E-state index in [-0.39, 0.29) is 0 Å². The number of rotatable bonds is 7. The quantitative estimate of drug-likeness (QED) is 0.560. The Labute approximate surface area is 161 Å². The molecule has 146 valence electrons. The van der Waals surface area contributed by atoms with E-state index in [1.54, 1.807) is 0 Å². The van der Waals surface area contributed by atoms with Gasteiger partial charge in [0.15, 0.2) is 5.96 Å². The fourth-order valence-corrected chi connectivity index (χ4v) is 4.52. The van der Waals surface area contributed by atoms with Crippen LogP contribution in [0.4, 0.5) is 0 Å². The van der Waals surface area contributed by atoms with Crippen molar-refractivity contribution < 1.29 is 4.74 Å². The van der Waals surface area contributed by atoms with E-state index in [2.05, 4.69) is 32.4 Å². The van der Waals surface area contributed by atoms with Crippen LogP contribution in [0.25, 0.3) is 0 Å². The zero-order chi connectivity index (χ0) is 18.2. The Hall–Kier alpha value is -1.18. The number of hydrogen-bond acceptors (Lipinski definition) is 5. The molecule has 2 N–H and O–H groups in total. The zero-order valence-electron chi connectivity index (χ0n) is 16.2. The summed E-state index contributed by atoms with van der Waals surface area (Å²) in [4.78, 5) is 12.8. The topological polar surface area (TPSA) is 61.8 Å². The number of nitrogens with zero attached hydrogens (tertiary/aromatic N) is 3. The summed E-state index contributed by atoms with van der Waals surface area (Å²) in [5.74, 6) is 1.66. The van der Waals surface area contributed by atoms with Crippen molar-refractivity contribution in [3.8, 4) is 0 Å². The Balaban J connectivity index is 1.33. The van der Waals surface area contributed by atoms with Crippen LogP contribution in [0, 0.1) is 5.92 Å². The molecule has 0 aliphatic carbocycles. The van der Waals surface area contributed by atoms with Gasteiger partial charge in [-0.05, 0) is 31.6 Å². The Morgan fingerprint density at radius 1 is 1.38 bits per heavy atom. The van der Waals surface area contributed by atoms with Crippen LogP contribution in [0.2, 0.25) is 0 Å². The lowest BCUT2D eigenvalue weighted by molar-refractivity contribution is 0.150. The van der Waals surface area contributed by atoms with Crippen molar-refractivity contribution >= 4 is 17.3 Å². The number of piperidine rings is 1. The molecular weight excluding hydrogens is 346 g/mol. The molecule has 0 saturated carbocycles. The fraction of sp³-hybridized carbons (Fsp3) is 0.789. The van der Waals surface area contributed by atoms with Crippen molar-refractivity contribution in [1.82, 2.24) is 20.5 Å². The van der Waals surface area contributed by atoms with E-state index >= 15 is 0 Å². The number of thiazole rings is 1. The normalized spacial score (nSPS) is 22.7. The number of aryl methyl sites for hydroxylation is 1. The van der Waals surface area contributed by atoms with Crippen LogP contribution >= 0.6 is 11.3 Å². The highest BCUT2D eigenvalue weighted by Crippen LogP contribution is 2.17. The molecule has 1 unspecified atom stereocenters. The Morgan fingerprint density at radius 2 is 2.23 bits per heavy atom. The minimum Gasteiger partial charge on any atom is -0.381 e. The summed E-state index contributed by atoms with van der Waals surface area (Å²) in [6, 6.07) is 0.517. The van der Waals surface area contributed by atoms with Crippen molar-refractivity contribution in [3.63, 3.8) is 0 Å². The summed E-state index contributed by atoms with van der Waals surface area (Å²) in [6.45, 7) is 8.49. The number of guanidine groups is 1. The maximum absolute atomic E-state index is 5.50. The standard InChI is InChI=1S/C19H33N5OS/c1-3-17-12-22-18(26-17)4-8-21-19(20-2)23-16-5-9-24(10-6-16)13-15-7-11-25-14-15/h12,15-16H,3-11,13-14H2,1-2H3,(H2,20,21,23). The lowest BCUT2D eigenvalue weighted by Crippen LogP contribution is -2.49. The van der Waals surface area contributed by atoms with Gasteiger partial charge in [0.05, 0.1) is 11.6 Å². The van der Waals surface area contributed by atoms with Crippen LogP contribution in [0.15, 0.2) is 11.2 Å². The van der Waals surface area contributed by atoms with Crippen molar-refractivity contribution in [1.29, 1.82) is 0 Å². The van der Waals surface area contributed by atoms with Gasteiger partial charge in [-0.3, -0.25) is 4.99 Å². The molecule has 2 saturated heterocycles. The van der Waals surface area contributed by atoms with Gasteiger partial charge < -0.3 is 20.3 Å². The van der Waals surface area contributed by atoms with Crippen LogP contribution in [-0.2, 0) is 17.6 Å². The molecule has 1 aromatic rings. The molecule has 0 aromatic carbocycles. The molecule has 6 nitrogen and oxygen atoms in total. The molecule has 0 radical (unpaired) electrons. The third-order valence-corrected chi connectivity index (χ3v) is 6.48. The van der Waals surface area contributed by atoms with Gasteiger partial charge in [0, 0.05) is 63.4 Å². The van der Waals surface area contributed by atoms with E-state index in [1.807, 2.05) is 24.6 Å². The molecule has 0 amide bonds. The van der Waals surface area contributed by atoms with E-state index in [0.717, 1.165) is 44.5 Å². The molecule has 3 heterocycles. The van der Waals surface area contributed by atoms with Crippen molar-refractivity contribution in [2.75, 3.05) is 46.4 Å². The number of hydrogen-bond donors (Lipinski definition) is 2. The summed E-state index contributed by atoms with van der Waals surface area (Å²) in [5.41, 5.74) is 0. The zero-order valence-corrected chi connectivity index (χ0v) is 17.0. The van der Waals surface area contributed by atoms with Gasteiger partial charge >= 0.3 is 0 Å².